The number of halogens is 2. The Labute approximate surface area is 238 Å². The van der Waals surface area contributed by atoms with Gasteiger partial charge in [-0.3, -0.25) is 9.59 Å². The topological polar surface area (TPSA) is 88.4 Å². The third-order valence-corrected chi connectivity index (χ3v) is 7.77. The number of rotatable bonds is 7. The lowest BCUT2D eigenvalue weighted by molar-refractivity contribution is -0.122. The number of hydrogen-bond acceptors (Lipinski definition) is 5. The van der Waals surface area contributed by atoms with Gasteiger partial charge in [-0.25, -0.2) is 4.98 Å². The molecule has 7 nitrogen and oxygen atoms in total. The molecule has 39 heavy (non-hydrogen) atoms. The van der Waals surface area contributed by atoms with E-state index in [1.165, 1.54) is 0 Å². The molecule has 2 N–H and O–H groups in total. The van der Waals surface area contributed by atoms with Crippen LogP contribution in [0.2, 0.25) is 5.02 Å². The van der Waals surface area contributed by atoms with Crippen LogP contribution in [0.25, 0.3) is 16.9 Å². The monoisotopic (exact) mass is 599 g/mol. The van der Waals surface area contributed by atoms with Gasteiger partial charge in [0.1, 0.15) is 5.82 Å². The number of aromatic nitrogens is 3. The second-order valence-corrected chi connectivity index (χ2v) is 10.7. The summed E-state index contributed by atoms with van der Waals surface area (Å²) in [6, 6.07) is 24.9. The molecule has 0 bridgehead atoms. The molecule has 194 valence electrons. The molecule has 3 aromatic carbocycles. The van der Waals surface area contributed by atoms with Crippen LogP contribution in [0.1, 0.15) is 39.4 Å². The van der Waals surface area contributed by atoms with Crippen LogP contribution in [-0.4, -0.2) is 26.3 Å². The van der Waals surface area contributed by atoms with Gasteiger partial charge in [-0.05, 0) is 38.7 Å². The van der Waals surface area contributed by atoms with Gasteiger partial charge in [-0.2, -0.15) is 9.61 Å². The molecular weight excluding hydrogens is 578 g/mol. The van der Waals surface area contributed by atoms with Crippen molar-refractivity contribution in [3.05, 3.63) is 117 Å². The Morgan fingerprint density at radius 1 is 0.974 bits per heavy atom. The Morgan fingerprint density at radius 3 is 2.44 bits per heavy atom. The first-order valence-corrected chi connectivity index (χ1v) is 13.7. The number of ketones is 1. The number of amides is 1. The molecule has 1 aliphatic carbocycles. The van der Waals surface area contributed by atoms with Crippen LogP contribution in [0.5, 0.6) is 0 Å². The van der Waals surface area contributed by atoms with Crippen molar-refractivity contribution in [1.82, 2.24) is 19.9 Å². The van der Waals surface area contributed by atoms with Crippen molar-refractivity contribution < 1.29 is 9.59 Å². The van der Waals surface area contributed by atoms with E-state index < -0.39 is 5.92 Å². The van der Waals surface area contributed by atoms with Crippen molar-refractivity contribution in [2.75, 3.05) is 5.32 Å². The normalized spacial score (nSPS) is 14.4. The molecule has 0 aliphatic heterocycles. The fourth-order valence-corrected chi connectivity index (χ4v) is 5.42. The standard InChI is InChI=1S/C30H23BrClN5O2/c31-24-17-35-37-28(14-26(36-29(24)37)22-7-3-4-8-25(22)32)33-15-18-9-11-19(12-10-18)16-34-30(39)23-13-27(38)21-6-2-1-5-20(21)23/h1-12,14,17,23,33H,13,15-16H2,(H,34,39). The molecular formula is C30H23BrClN5O2. The first-order valence-electron chi connectivity index (χ1n) is 12.5. The van der Waals surface area contributed by atoms with E-state index in [-0.39, 0.29) is 18.1 Å². The van der Waals surface area contributed by atoms with E-state index in [9.17, 15) is 9.59 Å². The van der Waals surface area contributed by atoms with Crippen molar-refractivity contribution in [3.8, 4) is 11.3 Å². The van der Waals surface area contributed by atoms with E-state index in [1.807, 2.05) is 72.8 Å². The van der Waals surface area contributed by atoms with Crippen molar-refractivity contribution in [1.29, 1.82) is 0 Å². The van der Waals surface area contributed by atoms with Crippen molar-refractivity contribution in [2.24, 2.45) is 0 Å². The van der Waals surface area contributed by atoms with Gasteiger partial charge >= 0.3 is 0 Å². The second-order valence-electron chi connectivity index (χ2n) is 9.39. The quantitative estimate of drug-likeness (QED) is 0.225. The number of carbonyl (C=O) groups excluding carboxylic acids is 2. The van der Waals surface area contributed by atoms with Gasteiger partial charge in [0, 0.05) is 41.7 Å². The minimum atomic E-state index is -0.424. The molecule has 6 rings (SSSR count). The highest BCUT2D eigenvalue weighted by Crippen LogP contribution is 2.33. The lowest BCUT2D eigenvalue weighted by atomic mass is 10.0. The number of Topliss-reactive ketones (excluding diaryl/α,β-unsaturated/α-hetero) is 1. The minimum Gasteiger partial charge on any atom is -0.366 e. The number of fused-ring (bicyclic) bond motifs is 2. The maximum Gasteiger partial charge on any atom is 0.228 e. The van der Waals surface area contributed by atoms with Crippen LogP contribution in [0.4, 0.5) is 5.82 Å². The highest BCUT2D eigenvalue weighted by Gasteiger charge is 2.33. The highest BCUT2D eigenvalue weighted by atomic mass is 79.9. The average molecular weight is 601 g/mol. The summed E-state index contributed by atoms with van der Waals surface area (Å²) >= 11 is 9.97. The van der Waals surface area contributed by atoms with Gasteiger partial charge in [-0.15, -0.1) is 0 Å². The Morgan fingerprint density at radius 2 is 1.67 bits per heavy atom. The van der Waals surface area contributed by atoms with E-state index in [2.05, 4.69) is 31.7 Å². The van der Waals surface area contributed by atoms with Gasteiger partial charge < -0.3 is 10.6 Å². The third kappa shape index (κ3) is 5.05. The first kappa shape index (κ1) is 25.3. The van der Waals surface area contributed by atoms with E-state index in [4.69, 9.17) is 16.6 Å². The molecule has 1 atom stereocenters. The van der Waals surface area contributed by atoms with E-state index >= 15 is 0 Å². The maximum atomic E-state index is 12.8. The summed E-state index contributed by atoms with van der Waals surface area (Å²) in [6.45, 7) is 0.957. The molecule has 0 saturated carbocycles. The van der Waals surface area contributed by atoms with Crippen LogP contribution in [0, 0.1) is 0 Å². The summed E-state index contributed by atoms with van der Waals surface area (Å²) in [5.74, 6) is 0.256. The molecule has 9 heteroatoms. The van der Waals surface area contributed by atoms with Gasteiger partial charge in [0.05, 0.1) is 22.3 Å². The molecule has 1 amide bonds. The number of benzene rings is 3. The maximum absolute atomic E-state index is 12.8. The molecule has 0 fully saturated rings. The minimum absolute atomic E-state index is 0.0236. The largest absolute Gasteiger partial charge is 0.366 e. The number of nitrogens with one attached hydrogen (secondary N) is 2. The predicted molar refractivity (Wildman–Crippen MR) is 155 cm³/mol. The summed E-state index contributed by atoms with van der Waals surface area (Å²) in [5.41, 5.74) is 5.79. The summed E-state index contributed by atoms with van der Waals surface area (Å²) in [6.07, 6.45) is 1.94. The predicted octanol–water partition coefficient (Wildman–Crippen LogP) is 6.41. The van der Waals surface area contributed by atoms with E-state index in [1.54, 1.807) is 16.8 Å². The van der Waals surface area contributed by atoms with Crippen LogP contribution in [0.15, 0.2) is 89.5 Å². The van der Waals surface area contributed by atoms with Crippen LogP contribution >= 0.6 is 27.5 Å². The zero-order chi connectivity index (χ0) is 26.9. The first-order chi connectivity index (χ1) is 19.0. The molecule has 2 aromatic heterocycles. The number of anilines is 1. The van der Waals surface area contributed by atoms with E-state index in [0.717, 1.165) is 38.2 Å². The smallest absolute Gasteiger partial charge is 0.228 e. The van der Waals surface area contributed by atoms with Crippen molar-refractivity contribution in [3.63, 3.8) is 0 Å². The lowest BCUT2D eigenvalue weighted by Crippen LogP contribution is -2.28. The van der Waals surface area contributed by atoms with Crippen LogP contribution in [-0.2, 0) is 17.9 Å². The molecule has 1 aliphatic rings. The summed E-state index contributed by atoms with van der Waals surface area (Å²) in [5, 5.41) is 11.5. The Hall–Kier alpha value is -4.01. The Bertz CT molecular complexity index is 1720. The zero-order valence-corrected chi connectivity index (χ0v) is 23.0. The Kier molecular flexibility index (Phi) is 6.89. The second kappa shape index (κ2) is 10.6. The summed E-state index contributed by atoms with van der Waals surface area (Å²) < 4.78 is 2.54. The molecule has 1 unspecified atom stereocenters. The molecule has 0 saturated heterocycles. The van der Waals surface area contributed by atoms with Gasteiger partial charge in [0.15, 0.2) is 11.4 Å². The fraction of sp³-hybridized carbons (Fsp3) is 0.133. The van der Waals surface area contributed by atoms with Crippen LogP contribution < -0.4 is 10.6 Å². The highest BCUT2D eigenvalue weighted by molar-refractivity contribution is 9.10. The number of hydrogen-bond donors (Lipinski definition) is 2. The average Bonchev–Trinajstić information content (AvgIpc) is 3.51. The van der Waals surface area contributed by atoms with Gasteiger partial charge in [-0.1, -0.05) is 78.3 Å². The lowest BCUT2D eigenvalue weighted by Gasteiger charge is -2.13. The van der Waals surface area contributed by atoms with Gasteiger partial charge in [0.25, 0.3) is 0 Å². The zero-order valence-electron chi connectivity index (χ0n) is 20.7. The Balaban J connectivity index is 1.13. The fourth-order valence-electron chi connectivity index (χ4n) is 4.84. The molecule has 0 spiro atoms. The van der Waals surface area contributed by atoms with Crippen molar-refractivity contribution >= 4 is 50.7 Å². The van der Waals surface area contributed by atoms with E-state index in [0.29, 0.717) is 29.3 Å². The number of carbonyl (C=O) groups is 2. The SMILES string of the molecule is O=C1CC(C(=O)NCc2ccc(CNc3cc(-c4ccccc4Cl)nc4c(Br)cnn34)cc2)c2ccccc21. The third-order valence-electron chi connectivity index (χ3n) is 6.88. The molecule has 2 heterocycles. The summed E-state index contributed by atoms with van der Waals surface area (Å²) in [7, 11) is 0. The molecule has 5 aromatic rings. The van der Waals surface area contributed by atoms with Crippen molar-refractivity contribution in [2.45, 2.75) is 25.4 Å². The molecule has 0 radical (unpaired) electrons. The van der Waals surface area contributed by atoms with Gasteiger partial charge in [0.2, 0.25) is 5.91 Å². The summed E-state index contributed by atoms with van der Waals surface area (Å²) in [4.78, 5) is 29.8. The number of nitrogens with zero attached hydrogens (tertiary/aromatic N) is 3. The van der Waals surface area contributed by atoms with Crippen LogP contribution in [0.3, 0.4) is 0 Å².